The second-order valence-corrected chi connectivity index (χ2v) is 10.1. The Balaban J connectivity index is 1.28. The number of nitrogens with one attached hydrogen (secondary N) is 2. The third kappa shape index (κ3) is 5.43. The number of pyridine rings is 1. The lowest BCUT2D eigenvalue weighted by Crippen LogP contribution is -2.33. The molecular weight excluding hydrogens is 462 g/mol. The standard InChI is InChI=1S/C27H27N3O4S/c31-22(29-24(18-12-13-18)17-7-2-1-3-8-17)16-34-27(33)23-20-10-4-5-11-21(20)35-26(23)30-25(32)19-9-6-14-28-15-19/h1-3,6-9,14-15,18,24H,4-5,10-13,16H2,(H,29,31)(H,30,32). The number of rotatable bonds is 8. The average molecular weight is 490 g/mol. The van der Waals surface area contributed by atoms with E-state index in [4.69, 9.17) is 4.74 Å². The third-order valence-corrected chi connectivity index (χ3v) is 7.64. The molecule has 2 aromatic heterocycles. The highest BCUT2D eigenvalue weighted by Crippen LogP contribution is 2.41. The van der Waals surface area contributed by atoms with E-state index in [1.54, 1.807) is 18.3 Å². The highest BCUT2D eigenvalue weighted by Gasteiger charge is 2.34. The largest absolute Gasteiger partial charge is 0.452 e. The fourth-order valence-electron chi connectivity index (χ4n) is 4.52. The Morgan fingerprint density at radius 1 is 1.06 bits per heavy atom. The first-order valence-corrected chi connectivity index (χ1v) is 12.8. The summed E-state index contributed by atoms with van der Waals surface area (Å²) in [6, 6.07) is 13.1. The van der Waals surface area contributed by atoms with Gasteiger partial charge in [-0.05, 0) is 67.7 Å². The van der Waals surface area contributed by atoms with E-state index in [1.807, 2.05) is 30.3 Å². The number of anilines is 1. The van der Waals surface area contributed by atoms with E-state index < -0.39 is 5.97 Å². The number of fused-ring (bicyclic) bond motifs is 1. The monoisotopic (exact) mass is 489 g/mol. The van der Waals surface area contributed by atoms with Gasteiger partial charge in [0.05, 0.1) is 17.2 Å². The van der Waals surface area contributed by atoms with E-state index in [0.29, 0.717) is 22.0 Å². The van der Waals surface area contributed by atoms with E-state index in [2.05, 4.69) is 15.6 Å². The molecule has 1 fully saturated rings. The summed E-state index contributed by atoms with van der Waals surface area (Å²) in [6.07, 6.45) is 8.85. The second-order valence-electron chi connectivity index (χ2n) is 8.98. The number of aromatic nitrogens is 1. The molecule has 3 aromatic rings. The van der Waals surface area contributed by atoms with Crippen molar-refractivity contribution in [3.05, 3.63) is 82.0 Å². The van der Waals surface area contributed by atoms with Crippen LogP contribution in [0.5, 0.6) is 0 Å². The molecule has 2 aliphatic carbocycles. The van der Waals surface area contributed by atoms with E-state index >= 15 is 0 Å². The van der Waals surface area contributed by atoms with Crippen LogP contribution in [-0.4, -0.2) is 29.4 Å². The quantitative estimate of drug-likeness (QED) is 0.447. The lowest BCUT2D eigenvalue weighted by atomic mass is 9.95. The second kappa shape index (κ2) is 10.4. The van der Waals surface area contributed by atoms with E-state index in [-0.39, 0.29) is 24.5 Å². The molecule has 2 amide bonds. The van der Waals surface area contributed by atoms with Crippen LogP contribution in [0.15, 0.2) is 54.9 Å². The Kier molecular flexibility index (Phi) is 6.90. The normalized spacial score (nSPS) is 15.5. The zero-order chi connectivity index (χ0) is 24.2. The molecule has 1 unspecified atom stereocenters. The molecule has 7 nitrogen and oxygen atoms in total. The minimum Gasteiger partial charge on any atom is -0.452 e. The number of carbonyl (C=O) groups is 3. The number of benzene rings is 1. The Labute approximate surface area is 207 Å². The Hall–Kier alpha value is -3.52. The topological polar surface area (TPSA) is 97.4 Å². The molecule has 2 heterocycles. The van der Waals surface area contributed by atoms with Crippen LogP contribution in [0.2, 0.25) is 0 Å². The highest BCUT2D eigenvalue weighted by molar-refractivity contribution is 7.17. The Bertz CT molecular complexity index is 1220. The number of nitrogens with zero attached hydrogens (tertiary/aromatic N) is 1. The van der Waals surface area contributed by atoms with Crippen molar-refractivity contribution in [3.8, 4) is 0 Å². The van der Waals surface area contributed by atoms with Crippen LogP contribution in [0.3, 0.4) is 0 Å². The summed E-state index contributed by atoms with van der Waals surface area (Å²) in [5, 5.41) is 6.37. The maximum atomic E-state index is 13.2. The number of carbonyl (C=O) groups excluding carboxylic acids is 3. The van der Waals surface area contributed by atoms with Crippen LogP contribution in [0.1, 0.15) is 68.4 Å². The van der Waals surface area contributed by atoms with Crippen molar-refractivity contribution in [1.29, 1.82) is 0 Å². The van der Waals surface area contributed by atoms with Crippen molar-refractivity contribution in [2.75, 3.05) is 11.9 Å². The van der Waals surface area contributed by atoms with Gasteiger partial charge in [0.1, 0.15) is 5.00 Å². The molecule has 8 heteroatoms. The van der Waals surface area contributed by atoms with Gasteiger partial charge in [0.25, 0.3) is 11.8 Å². The highest BCUT2D eigenvalue weighted by atomic mass is 32.1. The van der Waals surface area contributed by atoms with Gasteiger partial charge in [0, 0.05) is 17.3 Å². The van der Waals surface area contributed by atoms with Crippen molar-refractivity contribution in [3.63, 3.8) is 0 Å². The minimum absolute atomic E-state index is 0.0781. The molecule has 0 saturated heterocycles. The van der Waals surface area contributed by atoms with E-state index in [1.165, 1.54) is 17.5 Å². The molecule has 5 rings (SSSR count). The van der Waals surface area contributed by atoms with Gasteiger partial charge in [0.2, 0.25) is 0 Å². The third-order valence-electron chi connectivity index (χ3n) is 6.43. The number of hydrogen-bond acceptors (Lipinski definition) is 6. The van der Waals surface area contributed by atoms with Crippen LogP contribution < -0.4 is 10.6 Å². The van der Waals surface area contributed by atoms with Crippen molar-refractivity contribution >= 4 is 34.1 Å². The summed E-state index contributed by atoms with van der Waals surface area (Å²) in [4.78, 5) is 43.7. The summed E-state index contributed by atoms with van der Waals surface area (Å²) in [7, 11) is 0. The summed E-state index contributed by atoms with van der Waals surface area (Å²) < 4.78 is 5.47. The number of ether oxygens (including phenoxy) is 1. The number of hydrogen-bond donors (Lipinski definition) is 2. The average Bonchev–Trinajstić information content (AvgIpc) is 3.67. The first-order valence-electron chi connectivity index (χ1n) is 12.0. The molecule has 0 radical (unpaired) electrons. The lowest BCUT2D eigenvalue weighted by molar-refractivity contribution is -0.125. The van der Waals surface area contributed by atoms with Crippen LogP contribution in [0.25, 0.3) is 0 Å². The molecule has 180 valence electrons. The van der Waals surface area contributed by atoms with E-state index in [9.17, 15) is 14.4 Å². The number of amides is 2. The fourth-order valence-corrected chi connectivity index (χ4v) is 5.80. The Morgan fingerprint density at radius 2 is 1.86 bits per heavy atom. The lowest BCUT2D eigenvalue weighted by Gasteiger charge is -2.19. The van der Waals surface area contributed by atoms with Gasteiger partial charge < -0.3 is 15.4 Å². The molecule has 0 aliphatic heterocycles. The molecule has 0 spiro atoms. The zero-order valence-corrected chi connectivity index (χ0v) is 20.1. The molecule has 35 heavy (non-hydrogen) atoms. The van der Waals surface area contributed by atoms with Crippen LogP contribution >= 0.6 is 11.3 Å². The van der Waals surface area contributed by atoms with Crippen molar-refractivity contribution in [1.82, 2.24) is 10.3 Å². The van der Waals surface area contributed by atoms with Gasteiger partial charge in [-0.15, -0.1) is 11.3 Å². The van der Waals surface area contributed by atoms with Gasteiger partial charge in [-0.2, -0.15) is 0 Å². The van der Waals surface area contributed by atoms with Gasteiger partial charge in [0.15, 0.2) is 6.61 Å². The van der Waals surface area contributed by atoms with Gasteiger partial charge in [-0.1, -0.05) is 30.3 Å². The SMILES string of the molecule is O=C(COC(=O)c1c(NC(=O)c2cccnc2)sc2c1CCCC2)NC(c1ccccc1)C1CC1. The smallest absolute Gasteiger partial charge is 0.341 e. The van der Waals surface area contributed by atoms with Crippen molar-refractivity contribution in [2.24, 2.45) is 5.92 Å². The van der Waals surface area contributed by atoms with Gasteiger partial charge in [-0.3, -0.25) is 14.6 Å². The molecular formula is C27H27N3O4S. The first-order chi connectivity index (χ1) is 17.1. The van der Waals surface area contributed by atoms with E-state index in [0.717, 1.165) is 54.5 Å². The first kappa shape index (κ1) is 23.2. The molecule has 1 aromatic carbocycles. The van der Waals surface area contributed by atoms with Gasteiger partial charge >= 0.3 is 5.97 Å². The number of aryl methyl sites for hydroxylation is 1. The zero-order valence-electron chi connectivity index (χ0n) is 19.3. The summed E-state index contributed by atoms with van der Waals surface area (Å²) in [5.74, 6) is -0.832. The number of esters is 1. The Morgan fingerprint density at radius 3 is 2.60 bits per heavy atom. The summed E-state index contributed by atoms with van der Waals surface area (Å²) in [5.41, 5.74) is 2.76. The summed E-state index contributed by atoms with van der Waals surface area (Å²) in [6.45, 7) is -0.366. The fraction of sp³-hybridized carbons (Fsp3) is 0.333. The molecule has 1 atom stereocenters. The maximum absolute atomic E-state index is 13.2. The predicted molar refractivity (Wildman–Crippen MR) is 133 cm³/mol. The summed E-state index contributed by atoms with van der Waals surface area (Å²) >= 11 is 1.41. The van der Waals surface area contributed by atoms with Crippen molar-refractivity contribution in [2.45, 2.75) is 44.6 Å². The van der Waals surface area contributed by atoms with Crippen LogP contribution in [0, 0.1) is 5.92 Å². The minimum atomic E-state index is -0.580. The van der Waals surface area contributed by atoms with Crippen LogP contribution in [0.4, 0.5) is 5.00 Å². The molecule has 2 N–H and O–H groups in total. The molecule has 2 aliphatic rings. The predicted octanol–water partition coefficient (Wildman–Crippen LogP) is 4.70. The molecule has 0 bridgehead atoms. The van der Waals surface area contributed by atoms with Gasteiger partial charge in [-0.25, -0.2) is 4.79 Å². The maximum Gasteiger partial charge on any atom is 0.341 e. The molecule has 1 saturated carbocycles. The number of thiophene rings is 1. The van der Waals surface area contributed by atoms with Crippen molar-refractivity contribution < 1.29 is 19.1 Å². The van der Waals surface area contributed by atoms with Crippen LogP contribution in [-0.2, 0) is 22.4 Å².